The first-order valence-electron chi connectivity index (χ1n) is 17.6. The number of fused-ring (bicyclic) bond motifs is 10. The summed E-state index contributed by atoms with van der Waals surface area (Å²) in [6.07, 6.45) is 0. The molecule has 1 aromatic heterocycles. The fourth-order valence-electron chi connectivity index (χ4n) is 9.04. The lowest BCUT2D eigenvalue weighted by molar-refractivity contribution is 0.477. The van der Waals surface area contributed by atoms with Crippen LogP contribution in [0.5, 0.6) is 11.5 Å². The highest BCUT2D eigenvalue weighted by Crippen LogP contribution is 2.54. The molecule has 0 unspecified atom stereocenters. The van der Waals surface area contributed by atoms with Gasteiger partial charge in [-0.1, -0.05) is 103 Å². The Labute approximate surface area is 295 Å². The Balaban J connectivity index is 1.26. The van der Waals surface area contributed by atoms with Gasteiger partial charge in [-0.25, -0.2) is 0 Å². The number of aromatic nitrogens is 1. The number of anilines is 6. The van der Waals surface area contributed by atoms with Crippen molar-refractivity contribution in [3.63, 3.8) is 0 Å². The van der Waals surface area contributed by atoms with Crippen LogP contribution < -0.4 is 25.5 Å². The quantitative estimate of drug-likeness (QED) is 0.178. The highest BCUT2D eigenvalue weighted by atomic mass is 16.5. The summed E-state index contributed by atoms with van der Waals surface area (Å²) in [5.41, 5.74) is 14.3. The average Bonchev–Trinajstić information content (AvgIpc) is 3.51. The van der Waals surface area contributed by atoms with Gasteiger partial charge in [-0.2, -0.15) is 0 Å². The van der Waals surface area contributed by atoms with E-state index in [9.17, 15) is 0 Å². The molecule has 3 aliphatic heterocycles. The summed E-state index contributed by atoms with van der Waals surface area (Å²) in [4.78, 5) is 4.85. The van der Waals surface area contributed by atoms with E-state index >= 15 is 0 Å². The van der Waals surface area contributed by atoms with Crippen LogP contribution in [-0.2, 0) is 0 Å². The van der Waals surface area contributed by atoms with E-state index in [1.807, 2.05) is 0 Å². The maximum absolute atomic E-state index is 6.70. The molecule has 0 N–H and O–H groups in total. The molecule has 0 fully saturated rings. The number of ether oxygens (including phenoxy) is 1. The third-order valence-corrected chi connectivity index (χ3v) is 11.1. The lowest BCUT2D eigenvalue weighted by atomic mass is 9.45. The topological polar surface area (TPSA) is 20.6 Å². The lowest BCUT2D eigenvalue weighted by Gasteiger charge is -2.44. The maximum Gasteiger partial charge on any atom is 0.333 e. The van der Waals surface area contributed by atoms with Crippen molar-refractivity contribution < 1.29 is 4.74 Å². The first kappa shape index (κ1) is 27.1. The summed E-state index contributed by atoms with van der Waals surface area (Å²) in [5, 5.41) is 5.07. The van der Waals surface area contributed by atoms with Crippen molar-refractivity contribution in [3.05, 3.63) is 170 Å². The van der Waals surface area contributed by atoms with Crippen molar-refractivity contribution in [2.24, 2.45) is 0 Å². The number of hydrogen-bond donors (Lipinski definition) is 0. The molecule has 0 saturated carbocycles. The van der Waals surface area contributed by atoms with E-state index in [0.717, 1.165) is 39.9 Å². The molecule has 0 bridgehead atoms. The molecule has 51 heavy (non-hydrogen) atoms. The molecule has 8 aromatic carbocycles. The van der Waals surface area contributed by atoms with E-state index in [1.165, 1.54) is 60.3 Å². The fourth-order valence-corrected chi connectivity index (χ4v) is 9.04. The predicted octanol–water partition coefficient (Wildman–Crippen LogP) is 10.9. The number of benzene rings is 8. The minimum Gasteiger partial charge on any atom is -0.453 e. The zero-order chi connectivity index (χ0) is 33.2. The minimum atomic E-state index is -0.0536. The first-order valence-corrected chi connectivity index (χ1v) is 17.6. The Morgan fingerprint density at radius 2 is 1.18 bits per heavy atom. The molecule has 236 valence electrons. The van der Waals surface area contributed by atoms with Crippen LogP contribution in [0, 0.1) is 0 Å². The van der Waals surface area contributed by atoms with E-state index in [-0.39, 0.29) is 6.85 Å². The Morgan fingerprint density at radius 3 is 1.98 bits per heavy atom. The van der Waals surface area contributed by atoms with Crippen molar-refractivity contribution in [2.75, 3.05) is 9.80 Å². The van der Waals surface area contributed by atoms with Crippen molar-refractivity contribution in [1.82, 2.24) is 4.48 Å². The largest absolute Gasteiger partial charge is 0.453 e. The van der Waals surface area contributed by atoms with Gasteiger partial charge < -0.3 is 19.0 Å². The highest BCUT2D eigenvalue weighted by molar-refractivity contribution is 6.90. The van der Waals surface area contributed by atoms with Gasteiger partial charge in [-0.3, -0.25) is 0 Å². The van der Waals surface area contributed by atoms with Gasteiger partial charge in [0.15, 0.2) is 11.5 Å². The SMILES string of the molecule is c1ccc(N(c2ccccc2)c2cc3c4c(c2)N2c5ccccc5Oc5cccc(c52)B4n2c4cc5ccccc5cc4c4cccc-3c42)cc1. The fraction of sp³-hybridized carbons (Fsp3) is 0. The van der Waals surface area contributed by atoms with Crippen molar-refractivity contribution in [3.8, 4) is 22.6 Å². The molecule has 0 amide bonds. The van der Waals surface area contributed by atoms with E-state index in [2.05, 4.69) is 184 Å². The molecule has 0 atom stereocenters. The Kier molecular flexibility index (Phi) is 5.29. The Bertz CT molecular complexity index is 2880. The Hall–Kier alpha value is -6.72. The van der Waals surface area contributed by atoms with Crippen LogP contribution in [0.2, 0.25) is 0 Å². The second kappa shape index (κ2) is 9.93. The van der Waals surface area contributed by atoms with Gasteiger partial charge in [0.05, 0.1) is 11.4 Å². The summed E-state index contributed by atoms with van der Waals surface area (Å²) in [6.45, 7) is -0.0536. The molecule has 3 aliphatic rings. The van der Waals surface area contributed by atoms with E-state index in [4.69, 9.17) is 4.74 Å². The number of rotatable bonds is 3. The monoisotopic (exact) mass is 649 g/mol. The van der Waals surface area contributed by atoms with Crippen LogP contribution in [-0.4, -0.2) is 11.3 Å². The maximum atomic E-state index is 6.70. The zero-order valence-electron chi connectivity index (χ0n) is 27.5. The Morgan fingerprint density at radius 1 is 0.490 bits per heavy atom. The van der Waals surface area contributed by atoms with E-state index in [1.54, 1.807) is 0 Å². The standard InChI is InChI=1S/C46H28BN3O/c1-3-15-31(16-4-1)48(32-17-5-2-6-18-32)33-27-37-35-20-11-19-34-36-25-29-13-7-8-14-30(29)26-40(36)50(45(34)35)47-38-21-12-24-43-46(38)49(41(28-33)44(37)47)39-22-9-10-23-42(39)51-43/h1-28H. The molecular weight excluding hydrogens is 621 g/mol. The van der Waals surface area contributed by atoms with Crippen LogP contribution in [0.4, 0.5) is 34.1 Å². The second-order valence-corrected chi connectivity index (χ2v) is 13.7. The summed E-state index contributed by atoms with van der Waals surface area (Å²) in [6, 6.07) is 61.6. The summed E-state index contributed by atoms with van der Waals surface area (Å²) in [7, 11) is 0. The van der Waals surface area contributed by atoms with Crippen LogP contribution in [0.25, 0.3) is 43.7 Å². The van der Waals surface area contributed by atoms with Gasteiger partial charge in [0.1, 0.15) is 0 Å². The average molecular weight is 650 g/mol. The van der Waals surface area contributed by atoms with Gasteiger partial charge >= 0.3 is 6.85 Å². The van der Waals surface area contributed by atoms with Crippen LogP contribution in [0.1, 0.15) is 0 Å². The van der Waals surface area contributed by atoms with E-state index in [0.29, 0.717) is 0 Å². The van der Waals surface area contributed by atoms with Crippen molar-refractivity contribution in [1.29, 1.82) is 0 Å². The summed E-state index contributed by atoms with van der Waals surface area (Å²) < 4.78 is 9.33. The first-order chi connectivity index (χ1) is 25.3. The van der Waals surface area contributed by atoms with Gasteiger partial charge in [0.2, 0.25) is 0 Å². The molecule has 12 rings (SSSR count). The van der Waals surface area contributed by atoms with Gasteiger partial charge in [-0.15, -0.1) is 0 Å². The third kappa shape index (κ3) is 3.59. The molecule has 0 radical (unpaired) electrons. The molecule has 5 heteroatoms. The van der Waals surface area contributed by atoms with Crippen LogP contribution >= 0.6 is 0 Å². The van der Waals surface area contributed by atoms with Crippen LogP contribution in [0.3, 0.4) is 0 Å². The van der Waals surface area contributed by atoms with Gasteiger partial charge in [0, 0.05) is 50.1 Å². The molecule has 0 aliphatic carbocycles. The number of hydrogen-bond acceptors (Lipinski definition) is 3. The smallest absolute Gasteiger partial charge is 0.333 e. The van der Waals surface area contributed by atoms with Crippen molar-refractivity contribution in [2.45, 2.75) is 0 Å². The third-order valence-electron chi connectivity index (χ3n) is 11.1. The van der Waals surface area contributed by atoms with E-state index < -0.39 is 0 Å². The predicted molar refractivity (Wildman–Crippen MR) is 212 cm³/mol. The van der Waals surface area contributed by atoms with Crippen LogP contribution in [0.15, 0.2) is 170 Å². The molecular formula is C46H28BN3O. The summed E-state index contributed by atoms with van der Waals surface area (Å²) >= 11 is 0. The second-order valence-electron chi connectivity index (χ2n) is 13.7. The molecule has 9 aromatic rings. The highest BCUT2D eigenvalue weighted by Gasteiger charge is 2.46. The lowest BCUT2D eigenvalue weighted by Crippen LogP contribution is -2.57. The normalized spacial score (nSPS) is 13.2. The number of nitrogens with zero attached hydrogens (tertiary/aromatic N) is 3. The van der Waals surface area contributed by atoms with Crippen molar-refractivity contribution >= 4 is 84.5 Å². The number of para-hydroxylation sites is 6. The molecule has 0 saturated heterocycles. The minimum absolute atomic E-state index is 0.0536. The van der Waals surface area contributed by atoms with Gasteiger partial charge in [0.25, 0.3) is 0 Å². The van der Waals surface area contributed by atoms with Gasteiger partial charge in [-0.05, 0) is 94.0 Å². The molecule has 4 heterocycles. The summed E-state index contributed by atoms with van der Waals surface area (Å²) in [5.74, 6) is 1.74. The molecule has 4 nitrogen and oxygen atoms in total. The zero-order valence-corrected chi connectivity index (χ0v) is 27.5. The molecule has 0 spiro atoms.